The lowest BCUT2D eigenvalue weighted by Crippen LogP contribution is -2.34. The molecule has 1 N–H and O–H groups in total. The van der Waals surface area contributed by atoms with E-state index in [4.69, 9.17) is 4.99 Å². The number of aromatic hydroxyl groups is 1. The predicted molar refractivity (Wildman–Crippen MR) is 107 cm³/mol. The number of phenolic OH excluding ortho intramolecular Hbond substituents is 1. The molecule has 2 nitrogen and oxygen atoms in total. The summed E-state index contributed by atoms with van der Waals surface area (Å²) in [6.45, 7) is 23.8. The third-order valence-electron chi connectivity index (χ3n) is 5.18. The number of hydrogen-bond donors (Lipinski definition) is 1. The number of hydrogen-bond acceptors (Lipinski definition) is 2. The van der Waals surface area contributed by atoms with E-state index in [2.05, 4.69) is 88.3 Å². The van der Waals surface area contributed by atoms with Gasteiger partial charge in [-0.25, -0.2) is 0 Å². The first-order chi connectivity index (χ1) is 10.5. The van der Waals surface area contributed by atoms with Crippen LogP contribution in [0.3, 0.4) is 0 Å². The summed E-state index contributed by atoms with van der Waals surface area (Å²) in [7, 11) is 0. The van der Waals surface area contributed by atoms with E-state index in [1.54, 1.807) is 0 Å². The number of nitrogens with zero attached hydrogens (tertiary/aromatic N) is 1. The lowest BCUT2D eigenvalue weighted by Gasteiger charge is -2.35. The SMILES string of the molecule is CC(C)(C)c1cc(/C=N/C(C)(C)C(C)(C)C)c(O)c(C(C)(C)C)c1. The van der Waals surface area contributed by atoms with E-state index in [0.717, 1.165) is 11.1 Å². The Morgan fingerprint density at radius 2 is 1.29 bits per heavy atom. The fourth-order valence-electron chi connectivity index (χ4n) is 2.18. The molecular formula is C22H37NO. The van der Waals surface area contributed by atoms with Crippen molar-refractivity contribution in [2.75, 3.05) is 0 Å². The molecular weight excluding hydrogens is 294 g/mol. The van der Waals surface area contributed by atoms with Crippen LogP contribution in [-0.4, -0.2) is 16.9 Å². The molecule has 0 aliphatic rings. The predicted octanol–water partition coefficient (Wildman–Crippen LogP) is 6.23. The molecule has 1 aromatic rings. The Morgan fingerprint density at radius 1 is 0.792 bits per heavy atom. The molecule has 1 rings (SSSR count). The minimum absolute atomic E-state index is 0.0236. The Bertz CT molecular complexity index is 617. The highest BCUT2D eigenvalue weighted by Crippen LogP contribution is 2.38. The van der Waals surface area contributed by atoms with Gasteiger partial charge in [0.2, 0.25) is 0 Å². The van der Waals surface area contributed by atoms with Gasteiger partial charge in [0.05, 0.1) is 5.54 Å². The van der Waals surface area contributed by atoms with Crippen molar-refractivity contribution in [3.05, 3.63) is 28.8 Å². The van der Waals surface area contributed by atoms with E-state index >= 15 is 0 Å². The first-order valence-electron chi connectivity index (χ1n) is 8.90. The second-order valence-electron chi connectivity index (χ2n) is 10.5. The largest absolute Gasteiger partial charge is 0.507 e. The van der Waals surface area contributed by atoms with Gasteiger partial charge in [-0.15, -0.1) is 0 Å². The van der Waals surface area contributed by atoms with Crippen molar-refractivity contribution in [3.8, 4) is 5.75 Å². The molecule has 0 atom stereocenters. The maximum atomic E-state index is 10.8. The van der Waals surface area contributed by atoms with Crippen LogP contribution in [0.2, 0.25) is 0 Å². The van der Waals surface area contributed by atoms with Crippen LogP contribution >= 0.6 is 0 Å². The molecule has 1 aromatic carbocycles. The van der Waals surface area contributed by atoms with Crippen molar-refractivity contribution in [3.63, 3.8) is 0 Å². The lowest BCUT2D eigenvalue weighted by molar-refractivity contribution is 0.234. The summed E-state index contributed by atoms with van der Waals surface area (Å²) in [6, 6.07) is 4.22. The number of benzene rings is 1. The molecule has 0 radical (unpaired) electrons. The van der Waals surface area contributed by atoms with Gasteiger partial charge >= 0.3 is 0 Å². The monoisotopic (exact) mass is 331 g/mol. The van der Waals surface area contributed by atoms with Gasteiger partial charge in [0.15, 0.2) is 0 Å². The van der Waals surface area contributed by atoms with Crippen LogP contribution in [-0.2, 0) is 10.8 Å². The van der Waals surface area contributed by atoms with E-state index in [1.807, 2.05) is 6.21 Å². The maximum absolute atomic E-state index is 10.8. The molecule has 136 valence electrons. The molecule has 0 unspecified atom stereocenters. The van der Waals surface area contributed by atoms with Crippen LogP contribution in [0.4, 0.5) is 0 Å². The highest BCUT2D eigenvalue weighted by atomic mass is 16.3. The molecule has 0 saturated carbocycles. The Balaban J connectivity index is 3.54. The fourth-order valence-corrected chi connectivity index (χ4v) is 2.18. The van der Waals surface area contributed by atoms with Crippen molar-refractivity contribution < 1.29 is 5.11 Å². The highest BCUT2D eigenvalue weighted by Gasteiger charge is 2.32. The van der Waals surface area contributed by atoms with Crippen molar-refractivity contribution >= 4 is 6.21 Å². The Labute approximate surface area is 149 Å². The first-order valence-corrected chi connectivity index (χ1v) is 8.90. The van der Waals surface area contributed by atoms with Crippen molar-refractivity contribution in [2.45, 2.75) is 92.5 Å². The normalized spacial score (nSPS) is 14.5. The summed E-state index contributed by atoms with van der Waals surface area (Å²) in [5.74, 6) is 0.351. The third-order valence-corrected chi connectivity index (χ3v) is 5.18. The van der Waals surface area contributed by atoms with Crippen LogP contribution in [0.1, 0.15) is 92.9 Å². The van der Waals surface area contributed by atoms with Gasteiger partial charge in [0.25, 0.3) is 0 Å². The number of rotatable bonds is 2. The minimum Gasteiger partial charge on any atom is -0.507 e. The number of aliphatic imine (C=N–C) groups is 1. The van der Waals surface area contributed by atoms with Crippen molar-refractivity contribution in [1.82, 2.24) is 0 Å². The fraction of sp³-hybridized carbons (Fsp3) is 0.682. The van der Waals surface area contributed by atoms with Gasteiger partial charge in [0, 0.05) is 17.3 Å². The zero-order chi connectivity index (χ0) is 19.1. The van der Waals surface area contributed by atoms with Crippen LogP contribution < -0.4 is 0 Å². The Morgan fingerprint density at radius 3 is 1.67 bits per heavy atom. The summed E-state index contributed by atoms with van der Waals surface area (Å²) in [4.78, 5) is 4.82. The van der Waals surface area contributed by atoms with E-state index in [-0.39, 0.29) is 21.8 Å². The van der Waals surface area contributed by atoms with Gasteiger partial charge in [0.1, 0.15) is 5.75 Å². The topological polar surface area (TPSA) is 32.6 Å². The summed E-state index contributed by atoms with van der Waals surface area (Å²) in [6.07, 6.45) is 1.85. The third kappa shape index (κ3) is 4.62. The molecule has 0 amide bonds. The molecule has 0 bridgehead atoms. The second-order valence-corrected chi connectivity index (χ2v) is 10.5. The zero-order valence-electron chi connectivity index (χ0n) is 17.6. The van der Waals surface area contributed by atoms with E-state index in [1.165, 1.54) is 5.56 Å². The standard InChI is InChI=1S/C22H37NO/c1-19(2,3)16-12-15(14-23-22(10,11)21(7,8)9)18(24)17(13-16)20(4,5)6/h12-14,24H,1-11H3/b23-14+. The van der Waals surface area contributed by atoms with Crippen LogP contribution in [0.25, 0.3) is 0 Å². The van der Waals surface area contributed by atoms with E-state index in [0.29, 0.717) is 5.75 Å². The van der Waals surface area contributed by atoms with Gasteiger partial charge in [-0.05, 0) is 41.7 Å². The van der Waals surface area contributed by atoms with Gasteiger partial charge in [-0.2, -0.15) is 0 Å². The summed E-state index contributed by atoms with van der Waals surface area (Å²) >= 11 is 0. The summed E-state index contributed by atoms with van der Waals surface area (Å²) < 4.78 is 0. The minimum atomic E-state index is -0.209. The Kier molecular flexibility index (Phi) is 5.36. The van der Waals surface area contributed by atoms with Gasteiger partial charge in [-0.3, -0.25) is 4.99 Å². The Hall–Kier alpha value is -1.31. The van der Waals surface area contributed by atoms with E-state index in [9.17, 15) is 5.11 Å². The van der Waals surface area contributed by atoms with Gasteiger partial charge < -0.3 is 5.11 Å². The molecule has 24 heavy (non-hydrogen) atoms. The molecule has 2 heteroatoms. The first kappa shape index (κ1) is 20.7. The molecule has 0 aliphatic carbocycles. The van der Waals surface area contributed by atoms with Crippen LogP contribution in [0.15, 0.2) is 17.1 Å². The van der Waals surface area contributed by atoms with Crippen molar-refractivity contribution in [2.24, 2.45) is 10.4 Å². The zero-order valence-corrected chi connectivity index (χ0v) is 17.6. The average Bonchev–Trinajstić information content (AvgIpc) is 2.33. The maximum Gasteiger partial charge on any atom is 0.128 e. The molecule has 0 heterocycles. The average molecular weight is 332 g/mol. The molecule has 0 aromatic heterocycles. The molecule has 0 spiro atoms. The second kappa shape index (κ2) is 6.20. The summed E-state index contributed by atoms with van der Waals surface area (Å²) in [5.41, 5.74) is 2.76. The van der Waals surface area contributed by atoms with E-state index < -0.39 is 0 Å². The molecule has 0 aliphatic heterocycles. The smallest absolute Gasteiger partial charge is 0.128 e. The quantitative estimate of drug-likeness (QED) is 0.640. The molecule has 0 saturated heterocycles. The van der Waals surface area contributed by atoms with Crippen LogP contribution in [0, 0.1) is 5.41 Å². The van der Waals surface area contributed by atoms with Crippen LogP contribution in [0.5, 0.6) is 5.75 Å². The number of phenols is 1. The van der Waals surface area contributed by atoms with Crippen molar-refractivity contribution in [1.29, 1.82) is 0 Å². The molecule has 0 fully saturated rings. The summed E-state index contributed by atoms with van der Waals surface area (Å²) in [5, 5.41) is 10.8. The van der Waals surface area contributed by atoms with Gasteiger partial charge in [-0.1, -0.05) is 68.4 Å². The lowest BCUT2D eigenvalue weighted by atomic mass is 9.76. The highest BCUT2D eigenvalue weighted by molar-refractivity contribution is 5.85.